The first-order valence-electron chi connectivity index (χ1n) is 3.59. The van der Waals surface area contributed by atoms with Gasteiger partial charge in [-0.25, -0.2) is 0 Å². The van der Waals surface area contributed by atoms with Gasteiger partial charge in [0.05, 0.1) is 6.61 Å². The van der Waals surface area contributed by atoms with Crippen LogP contribution in [0.3, 0.4) is 0 Å². The molecule has 70 valence electrons. The van der Waals surface area contributed by atoms with Crippen LogP contribution in [0.2, 0.25) is 0 Å². The molecule has 5 nitrogen and oxygen atoms in total. The van der Waals surface area contributed by atoms with Gasteiger partial charge in [-0.1, -0.05) is 0 Å². The molecule has 0 saturated heterocycles. The first-order chi connectivity index (χ1) is 6.15. The first-order valence-corrected chi connectivity index (χ1v) is 4.38. The summed E-state index contributed by atoms with van der Waals surface area (Å²) >= 11 is 3.02. The highest BCUT2D eigenvalue weighted by Crippen LogP contribution is 2.24. The Hall–Kier alpha value is -1.17. The second kappa shape index (κ2) is 4.18. The van der Waals surface area contributed by atoms with Crippen LogP contribution in [0.25, 0.3) is 0 Å². The lowest BCUT2D eigenvalue weighted by Crippen LogP contribution is -1.98. The third-order valence-electron chi connectivity index (χ3n) is 1.27. The van der Waals surface area contributed by atoms with Crippen molar-refractivity contribution in [1.29, 1.82) is 0 Å². The zero-order valence-corrected chi connectivity index (χ0v) is 8.44. The Bertz CT molecular complexity index is 330. The number of aromatic nitrogens is 1. The number of hydrogen-bond acceptors (Lipinski definition) is 4. The molecule has 0 fully saturated rings. The summed E-state index contributed by atoms with van der Waals surface area (Å²) in [5.74, 6) is 0.0309. The molecule has 0 aromatic carbocycles. The van der Waals surface area contributed by atoms with Crippen LogP contribution in [-0.4, -0.2) is 16.5 Å². The first kappa shape index (κ1) is 9.91. The van der Waals surface area contributed by atoms with Crippen LogP contribution in [-0.2, 0) is 0 Å². The van der Waals surface area contributed by atoms with Crippen molar-refractivity contribution in [2.45, 2.75) is 6.92 Å². The Morgan fingerprint density at radius 1 is 1.69 bits per heavy atom. The molecule has 0 atom stereocenters. The largest absolute Gasteiger partial charge is 0.460 e. The van der Waals surface area contributed by atoms with E-state index in [1.165, 1.54) is 6.07 Å². The molecule has 1 aromatic rings. The SMILES string of the molecule is CCOc1ccc(Br)c([N+](=O)[O-])n1. The maximum atomic E-state index is 10.4. The van der Waals surface area contributed by atoms with Gasteiger partial charge in [-0.3, -0.25) is 0 Å². The number of pyridine rings is 1. The van der Waals surface area contributed by atoms with Crippen molar-refractivity contribution in [1.82, 2.24) is 4.98 Å². The van der Waals surface area contributed by atoms with E-state index in [-0.39, 0.29) is 11.7 Å². The van der Waals surface area contributed by atoms with Crippen molar-refractivity contribution in [2.75, 3.05) is 6.61 Å². The van der Waals surface area contributed by atoms with Crippen LogP contribution in [0.4, 0.5) is 5.82 Å². The maximum Gasteiger partial charge on any atom is 0.381 e. The van der Waals surface area contributed by atoms with Crippen LogP contribution in [0.5, 0.6) is 5.88 Å². The van der Waals surface area contributed by atoms with Crippen LogP contribution < -0.4 is 4.74 Å². The molecule has 0 radical (unpaired) electrons. The second-order valence-corrected chi connectivity index (χ2v) is 3.00. The highest BCUT2D eigenvalue weighted by molar-refractivity contribution is 9.10. The van der Waals surface area contributed by atoms with Crippen molar-refractivity contribution in [3.63, 3.8) is 0 Å². The van der Waals surface area contributed by atoms with Crippen LogP contribution in [0, 0.1) is 10.1 Å². The van der Waals surface area contributed by atoms with Crippen molar-refractivity contribution in [2.24, 2.45) is 0 Å². The maximum absolute atomic E-state index is 10.4. The second-order valence-electron chi connectivity index (χ2n) is 2.15. The summed E-state index contributed by atoms with van der Waals surface area (Å²) in [6.07, 6.45) is 0. The molecule has 0 N–H and O–H groups in total. The summed E-state index contributed by atoms with van der Waals surface area (Å²) in [6.45, 7) is 2.22. The lowest BCUT2D eigenvalue weighted by atomic mass is 10.4. The monoisotopic (exact) mass is 246 g/mol. The fourth-order valence-corrected chi connectivity index (χ4v) is 1.14. The number of ether oxygens (including phenoxy) is 1. The Balaban J connectivity index is 3.04. The van der Waals surface area contributed by atoms with Gasteiger partial charge >= 0.3 is 11.7 Å². The van der Waals surface area contributed by atoms with E-state index in [1.807, 2.05) is 0 Å². The van der Waals surface area contributed by atoms with Gasteiger partial charge in [0.15, 0.2) is 0 Å². The Morgan fingerprint density at radius 3 is 2.92 bits per heavy atom. The molecule has 0 aliphatic rings. The minimum Gasteiger partial charge on any atom is -0.460 e. The van der Waals surface area contributed by atoms with E-state index in [1.54, 1.807) is 13.0 Å². The Morgan fingerprint density at radius 2 is 2.38 bits per heavy atom. The van der Waals surface area contributed by atoms with Gasteiger partial charge in [0.1, 0.15) is 4.47 Å². The zero-order chi connectivity index (χ0) is 9.84. The number of halogens is 1. The minimum atomic E-state index is -0.563. The number of nitro groups is 1. The predicted octanol–water partition coefficient (Wildman–Crippen LogP) is 2.15. The zero-order valence-electron chi connectivity index (χ0n) is 6.86. The molecule has 0 bridgehead atoms. The summed E-state index contributed by atoms with van der Waals surface area (Å²) in [7, 11) is 0. The van der Waals surface area contributed by atoms with E-state index >= 15 is 0 Å². The molecule has 0 saturated carbocycles. The van der Waals surface area contributed by atoms with Crippen molar-refractivity contribution in [3.05, 3.63) is 26.7 Å². The van der Waals surface area contributed by atoms with Crippen molar-refractivity contribution >= 4 is 21.7 Å². The fourth-order valence-electron chi connectivity index (χ4n) is 0.770. The van der Waals surface area contributed by atoms with Gasteiger partial charge in [0.2, 0.25) is 0 Å². The van der Waals surface area contributed by atoms with E-state index in [0.717, 1.165) is 0 Å². The highest BCUT2D eigenvalue weighted by atomic mass is 79.9. The van der Waals surface area contributed by atoms with E-state index in [0.29, 0.717) is 11.1 Å². The van der Waals surface area contributed by atoms with E-state index in [2.05, 4.69) is 20.9 Å². The van der Waals surface area contributed by atoms with Crippen LogP contribution in [0.15, 0.2) is 16.6 Å². The van der Waals surface area contributed by atoms with Gasteiger partial charge < -0.3 is 14.9 Å². The molecule has 1 aromatic heterocycles. The van der Waals surface area contributed by atoms with Gasteiger partial charge in [-0.05, 0) is 33.8 Å². The molecule has 0 spiro atoms. The predicted molar refractivity (Wildman–Crippen MR) is 49.8 cm³/mol. The summed E-state index contributed by atoms with van der Waals surface area (Å²) in [6, 6.07) is 3.11. The number of nitrogens with zero attached hydrogens (tertiary/aromatic N) is 2. The molecule has 0 amide bonds. The molecular weight excluding hydrogens is 240 g/mol. The van der Waals surface area contributed by atoms with Gasteiger partial charge in [-0.2, -0.15) is 0 Å². The normalized spacial score (nSPS) is 9.69. The topological polar surface area (TPSA) is 65.3 Å². The quantitative estimate of drug-likeness (QED) is 0.606. The van der Waals surface area contributed by atoms with Crippen molar-refractivity contribution in [3.8, 4) is 5.88 Å². The minimum absolute atomic E-state index is 0.231. The van der Waals surface area contributed by atoms with Crippen molar-refractivity contribution < 1.29 is 9.66 Å². The summed E-state index contributed by atoms with van der Waals surface area (Å²) in [5, 5.41) is 10.4. The molecule has 1 rings (SSSR count). The Labute approximate surface area is 83.0 Å². The summed E-state index contributed by atoms with van der Waals surface area (Å²) in [5.41, 5.74) is 0. The van der Waals surface area contributed by atoms with Gasteiger partial charge in [0.25, 0.3) is 0 Å². The van der Waals surface area contributed by atoms with E-state index in [9.17, 15) is 10.1 Å². The average molecular weight is 247 g/mol. The summed E-state index contributed by atoms with van der Waals surface area (Å²) in [4.78, 5) is 13.6. The van der Waals surface area contributed by atoms with Crippen LogP contribution in [0.1, 0.15) is 6.92 Å². The Kier molecular flexibility index (Phi) is 3.18. The molecule has 13 heavy (non-hydrogen) atoms. The molecule has 0 aliphatic heterocycles. The molecule has 0 aliphatic carbocycles. The molecular formula is C7H7BrN2O3. The lowest BCUT2D eigenvalue weighted by molar-refractivity contribution is -0.390. The third kappa shape index (κ3) is 2.38. The smallest absolute Gasteiger partial charge is 0.381 e. The molecule has 0 unspecified atom stereocenters. The van der Waals surface area contributed by atoms with E-state index in [4.69, 9.17) is 4.74 Å². The lowest BCUT2D eigenvalue weighted by Gasteiger charge is -1.98. The number of hydrogen-bond donors (Lipinski definition) is 0. The standard InChI is InChI=1S/C7H7BrN2O3/c1-2-13-6-4-3-5(8)7(9-6)10(11)12/h3-4H,2H2,1H3. The summed E-state index contributed by atoms with van der Waals surface area (Å²) < 4.78 is 5.36. The van der Waals surface area contributed by atoms with E-state index < -0.39 is 4.92 Å². The number of rotatable bonds is 3. The van der Waals surface area contributed by atoms with Crippen LogP contribution >= 0.6 is 15.9 Å². The van der Waals surface area contributed by atoms with Gasteiger partial charge in [0, 0.05) is 11.1 Å². The molecule has 6 heteroatoms. The third-order valence-corrected chi connectivity index (χ3v) is 1.89. The fraction of sp³-hybridized carbons (Fsp3) is 0.286. The van der Waals surface area contributed by atoms with Gasteiger partial charge in [-0.15, -0.1) is 0 Å². The highest BCUT2D eigenvalue weighted by Gasteiger charge is 2.15. The molecule has 1 heterocycles. The average Bonchev–Trinajstić information content (AvgIpc) is 2.08.